The molecule has 0 saturated carbocycles. The highest BCUT2D eigenvalue weighted by molar-refractivity contribution is 7.03. The summed E-state index contributed by atoms with van der Waals surface area (Å²) in [5.74, 6) is -0.189. The van der Waals surface area contributed by atoms with Crippen molar-refractivity contribution < 1.29 is 4.79 Å². The molecule has 2 aromatic rings. The Morgan fingerprint density at radius 1 is 1.48 bits per heavy atom. The second kappa shape index (κ2) is 4.99. The van der Waals surface area contributed by atoms with Crippen molar-refractivity contribution in [1.82, 2.24) is 18.8 Å². The zero-order valence-corrected chi connectivity index (χ0v) is 11.5. The first-order valence-electron chi connectivity index (χ1n) is 6.05. The van der Waals surface area contributed by atoms with Gasteiger partial charge in [0.05, 0.1) is 6.04 Å². The van der Waals surface area contributed by atoms with Crippen molar-refractivity contribution in [2.45, 2.75) is 6.04 Å². The summed E-state index contributed by atoms with van der Waals surface area (Å²) in [7, 11) is 0. The number of amides is 1. The highest BCUT2D eigenvalue weighted by atomic mass is 32.1. The molecule has 1 N–H and O–H groups in total. The van der Waals surface area contributed by atoms with E-state index in [0.717, 1.165) is 0 Å². The lowest BCUT2D eigenvalue weighted by atomic mass is 10.1. The Labute approximate surface area is 122 Å². The number of nitrogens with zero attached hydrogens (tertiary/aromatic N) is 4. The summed E-state index contributed by atoms with van der Waals surface area (Å²) in [6, 6.07) is 3.12. The lowest BCUT2D eigenvalue weighted by Gasteiger charge is -2.39. The van der Waals surface area contributed by atoms with Gasteiger partial charge < -0.3 is 4.90 Å². The summed E-state index contributed by atoms with van der Waals surface area (Å²) in [5, 5.41) is 10.5. The lowest BCUT2D eigenvalue weighted by molar-refractivity contribution is 0.0508. The fourth-order valence-electron chi connectivity index (χ4n) is 2.12. The molecule has 8 nitrogen and oxygen atoms in total. The number of aromatic nitrogens is 3. The number of hydrogen-bond donors (Lipinski definition) is 1. The number of aromatic amines is 1. The maximum atomic E-state index is 12.0. The molecule has 3 heterocycles. The molecule has 1 amide bonds. The SMILES string of the molecule is N#Cc1cn(C2CN(C(=O)c3ccsn3)C2)c(=O)[nH]c1=O. The minimum Gasteiger partial charge on any atom is -0.333 e. The third kappa shape index (κ3) is 2.25. The molecular formula is C12H9N5O3S. The average molecular weight is 303 g/mol. The monoisotopic (exact) mass is 303 g/mol. The van der Waals surface area contributed by atoms with Crippen LogP contribution < -0.4 is 11.2 Å². The highest BCUT2D eigenvalue weighted by Crippen LogP contribution is 2.21. The van der Waals surface area contributed by atoms with Gasteiger partial charge in [0.1, 0.15) is 17.3 Å². The topological polar surface area (TPSA) is 112 Å². The fourth-order valence-corrected chi connectivity index (χ4v) is 2.62. The van der Waals surface area contributed by atoms with Gasteiger partial charge in [-0.15, -0.1) is 0 Å². The molecule has 0 radical (unpaired) electrons. The van der Waals surface area contributed by atoms with Crippen LogP contribution in [0.5, 0.6) is 0 Å². The first-order chi connectivity index (χ1) is 10.1. The van der Waals surface area contributed by atoms with E-state index in [4.69, 9.17) is 5.26 Å². The molecule has 1 saturated heterocycles. The van der Waals surface area contributed by atoms with E-state index < -0.39 is 11.2 Å². The van der Waals surface area contributed by atoms with Crippen LogP contribution in [0, 0.1) is 11.3 Å². The molecule has 1 aliphatic heterocycles. The number of carbonyl (C=O) groups excluding carboxylic acids is 1. The molecule has 3 rings (SSSR count). The maximum Gasteiger partial charge on any atom is 0.328 e. The largest absolute Gasteiger partial charge is 0.333 e. The van der Waals surface area contributed by atoms with Crippen LogP contribution in [0.3, 0.4) is 0 Å². The third-order valence-corrected chi connectivity index (χ3v) is 3.85. The summed E-state index contributed by atoms with van der Waals surface area (Å²) in [6.45, 7) is 0.681. The van der Waals surface area contributed by atoms with E-state index in [2.05, 4.69) is 9.36 Å². The van der Waals surface area contributed by atoms with E-state index in [-0.39, 0.29) is 17.5 Å². The van der Waals surface area contributed by atoms with Crippen molar-refractivity contribution in [3.05, 3.63) is 49.7 Å². The van der Waals surface area contributed by atoms with Crippen LogP contribution >= 0.6 is 11.5 Å². The summed E-state index contributed by atoms with van der Waals surface area (Å²) < 4.78 is 5.25. The van der Waals surface area contributed by atoms with Crippen LogP contribution in [0.2, 0.25) is 0 Å². The standard InChI is InChI=1S/C12H9N5O3S/c13-3-7-4-17(12(20)14-10(7)18)8-5-16(6-8)11(19)9-1-2-21-15-9/h1-2,4,8H,5-6H2,(H,14,18,20). The van der Waals surface area contributed by atoms with Crippen molar-refractivity contribution in [3.8, 4) is 6.07 Å². The van der Waals surface area contributed by atoms with Gasteiger partial charge in [0.15, 0.2) is 0 Å². The Bertz CT molecular complexity index is 839. The van der Waals surface area contributed by atoms with E-state index in [9.17, 15) is 14.4 Å². The van der Waals surface area contributed by atoms with E-state index in [0.29, 0.717) is 18.8 Å². The minimum absolute atomic E-state index is 0.126. The van der Waals surface area contributed by atoms with Gasteiger partial charge in [-0.05, 0) is 17.6 Å². The molecule has 1 fully saturated rings. The van der Waals surface area contributed by atoms with E-state index in [1.165, 1.54) is 22.3 Å². The maximum absolute atomic E-state index is 12.0. The van der Waals surface area contributed by atoms with E-state index >= 15 is 0 Å². The van der Waals surface area contributed by atoms with Crippen molar-refractivity contribution in [2.24, 2.45) is 0 Å². The Hall–Kier alpha value is -2.73. The van der Waals surface area contributed by atoms with Crippen LogP contribution in [0.1, 0.15) is 22.1 Å². The van der Waals surface area contributed by atoms with Crippen LogP contribution in [-0.2, 0) is 0 Å². The number of rotatable bonds is 2. The fraction of sp³-hybridized carbons (Fsp3) is 0.250. The van der Waals surface area contributed by atoms with Crippen molar-refractivity contribution >= 4 is 17.4 Å². The number of likely N-dealkylation sites (tertiary alicyclic amines) is 1. The number of carbonyl (C=O) groups is 1. The molecule has 1 aliphatic rings. The van der Waals surface area contributed by atoms with Gasteiger partial charge in [0.25, 0.3) is 11.5 Å². The molecule has 0 atom stereocenters. The first kappa shape index (κ1) is 13.3. The summed E-state index contributed by atoms with van der Waals surface area (Å²) in [6.07, 6.45) is 1.23. The molecule has 106 valence electrons. The molecule has 21 heavy (non-hydrogen) atoms. The van der Waals surface area contributed by atoms with E-state index in [1.54, 1.807) is 22.4 Å². The Morgan fingerprint density at radius 3 is 2.86 bits per heavy atom. The van der Waals surface area contributed by atoms with Gasteiger partial charge in [0, 0.05) is 24.7 Å². The normalized spacial score (nSPS) is 14.5. The van der Waals surface area contributed by atoms with Crippen molar-refractivity contribution in [2.75, 3.05) is 13.1 Å². The average Bonchev–Trinajstić information content (AvgIpc) is 2.93. The Morgan fingerprint density at radius 2 is 2.24 bits per heavy atom. The predicted molar refractivity (Wildman–Crippen MR) is 73.1 cm³/mol. The van der Waals surface area contributed by atoms with Crippen LogP contribution in [-0.4, -0.2) is 37.8 Å². The molecule has 9 heteroatoms. The Kier molecular flexibility index (Phi) is 3.15. The molecular weight excluding hydrogens is 294 g/mol. The molecule has 0 bridgehead atoms. The van der Waals surface area contributed by atoms with Gasteiger partial charge in [0.2, 0.25) is 0 Å². The zero-order valence-electron chi connectivity index (χ0n) is 10.6. The number of nitrogens with one attached hydrogen (secondary N) is 1. The molecule has 0 aromatic carbocycles. The van der Waals surface area contributed by atoms with Gasteiger partial charge in [-0.2, -0.15) is 9.64 Å². The smallest absolute Gasteiger partial charge is 0.328 e. The number of hydrogen-bond acceptors (Lipinski definition) is 6. The molecule has 2 aromatic heterocycles. The summed E-state index contributed by atoms with van der Waals surface area (Å²) in [4.78, 5) is 38.7. The second-order valence-electron chi connectivity index (χ2n) is 4.57. The Balaban J connectivity index is 1.78. The van der Waals surface area contributed by atoms with Gasteiger partial charge in [-0.25, -0.2) is 4.79 Å². The zero-order chi connectivity index (χ0) is 15.0. The summed E-state index contributed by atoms with van der Waals surface area (Å²) >= 11 is 1.20. The minimum atomic E-state index is -0.700. The molecule has 0 unspecified atom stereocenters. The lowest BCUT2D eigenvalue weighted by Crippen LogP contribution is -2.53. The van der Waals surface area contributed by atoms with Crippen LogP contribution in [0.15, 0.2) is 27.2 Å². The van der Waals surface area contributed by atoms with Gasteiger partial charge in [-0.1, -0.05) is 0 Å². The van der Waals surface area contributed by atoms with E-state index in [1.807, 2.05) is 0 Å². The second-order valence-corrected chi connectivity index (χ2v) is 5.24. The first-order valence-corrected chi connectivity index (χ1v) is 6.89. The van der Waals surface area contributed by atoms with Crippen LogP contribution in [0.25, 0.3) is 0 Å². The van der Waals surface area contributed by atoms with Gasteiger partial charge in [-0.3, -0.25) is 19.1 Å². The quantitative estimate of drug-likeness (QED) is 0.808. The number of nitriles is 1. The summed E-state index contributed by atoms with van der Waals surface area (Å²) in [5.41, 5.74) is -1.03. The van der Waals surface area contributed by atoms with Crippen molar-refractivity contribution in [3.63, 3.8) is 0 Å². The van der Waals surface area contributed by atoms with Crippen LogP contribution in [0.4, 0.5) is 0 Å². The van der Waals surface area contributed by atoms with Crippen molar-refractivity contribution in [1.29, 1.82) is 5.26 Å². The number of H-pyrrole nitrogens is 1. The van der Waals surface area contributed by atoms with Gasteiger partial charge >= 0.3 is 5.69 Å². The predicted octanol–water partition coefficient (Wildman–Crippen LogP) is -0.438. The highest BCUT2D eigenvalue weighted by Gasteiger charge is 2.34. The molecule has 0 aliphatic carbocycles. The molecule has 0 spiro atoms. The third-order valence-electron chi connectivity index (χ3n) is 3.29.